The molecule has 0 bridgehead atoms. The summed E-state index contributed by atoms with van der Waals surface area (Å²) >= 11 is 0. The topological polar surface area (TPSA) is 39.2 Å². The molecule has 0 spiro atoms. The molecule has 0 amide bonds. The second kappa shape index (κ2) is 4.49. The molecule has 12 heavy (non-hydrogen) atoms. The molecule has 0 saturated carbocycles. The van der Waals surface area contributed by atoms with Crippen molar-refractivity contribution in [2.45, 2.75) is 13.3 Å². The van der Waals surface area contributed by atoms with Crippen LogP contribution in [0.4, 0.5) is 0 Å². The number of pyridine rings is 1. The zero-order chi connectivity index (χ0) is 8.81. The van der Waals surface area contributed by atoms with Crippen LogP contribution in [0, 0.1) is 0 Å². The third-order valence-electron chi connectivity index (χ3n) is 1.35. The van der Waals surface area contributed by atoms with Crippen LogP contribution < -0.4 is 4.74 Å². The Kier molecular flexibility index (Phi) is 3.26. The number of carbonyl (C=O) groups excluding carboxylic acids is 1. The first-order valence-corrected chi connectivity index (χ1v) is 3.91. The summed E-state index contributed by atoms with van der Waals surface area (Å²) in [6.45, 7) is 2.69. The van der Waals surface area contributed by atoms with Gasteiger partial charge in [0, 0.05) is 17.8 Å². The lowest BCUT2D eigenvalue weighted by atomic mass is 10.3. The average molecular weight is 165 g/mol. The predicted molar refractivity (Wildman–Crippen MR) is 45.4 cm³/mol. The molecular formula is C9H11NO2. The maximum absolute atomic E-state index is 10.3. The largest absolute Gasteiger partial charge is 0.478 e. The predicted octanol–water partition coefficient (Wildman–Crippen LogP) is 1.68. The maximum atomic E-state index is 10.3. The van der Waals surface area contributed by atoms with E-state index in [1.165, 1.54) is 6.20 Å². The molecule has 0 fully saturated rings. The number of hydrogen-bond acceptors (Lipinski definition) is 3. The molecule has 1 aromatic rings. The van der Waals surface area contributed by atoms with Crippen LogP contribution in [0.25, 0.3) is 0 Å². The van der Waals surface area contributed by atoms with E-state index < -0.39 is 0 Å². The molecule has 0 atom stereocenters. The Morgan fingerprint density at radius 1 is 1.58 bits per heavy atom. The van der Waals surface area contributed by atoms with Crippen molar-refractivity contribution in [1.29, 1.82) is 0 Å². The molecule has 0 unspecified atom stereocenters. The van der Waals surface area contributed by atoms with Crippen LogP contribution in [-0.4, -0.2) is 17.9 Å². The molecule has 0 aliphatic carbocycles. The van der Waals surface area contributed by atoms with Gasteiger partial charge >= 0.3 is 0 Å². The van der Waals surface area contributed by atoms with Gasteiger partial charge < -0.3 is 4.74 Å². The first-order valence-electron chi connectivity index (χ1n) is 3.91. The SMILES string of the molecule is CCCOc1ccc(C=O)cn1. The minimum atomic E-state index is 0.568. The zero-order valence-corrected chi connectivity index (χ0v) is 6.99. The normalized spacial score (nSPS) is 9.42. The summed E-state index contributed by atoms with van der Waals surface area (Å²) in [5.74, 6) is 0.572. The Labute approximate surface area is 71.4 Å². The molecule has 0 aliphatic heterocycles. The lowest BCUT2D eigenvalue weighted by molar-refractivity contribution is 0.112. The summed E-state index contributed by atoms with van der Waals surface area (Å²) in [7, 11) is 0. The van der Waals surface area contributed by atoms with E-state index in [0.717, 1.165) is 12.7 Å². The Morgan fingerprint density at radius 3 is 2.92 bits per heavy atom. The van der Waals surface area contributed by atoms with E-state index in [-0.39, 0.29) is 0 Å². The van der Waals surface area contributed by atoms with Crippen LogP contribution in [0.3, 0.4) is 0 Å². The highest BCUT2D eigenvalue weighted by molar-refractivity contribution is 5.73. The Balaban J connectivity index is 2.58. The number of ether oxygens (including phenoxy) is 1. The quantitative estimate of drug-likeness (QED) is 0.637. The fraction of sp³-hybridized carbons (Fsp3) is 0.333. The molecular weight excluding hydrogens is 154 g/mol. The van der Waals surface area contributed by atoms with Gasteiger partial charge in [0.15, 0.2) is 6.29 Å². The maximum Gasteiger partial charge on any atom is 0.213 e. The molecule has 3 nitrogen and oxygen atoms in total. The molecule has 0 saturated heterocycles. The van der Waals surface area contributed by atoms with Crippen LogP contribution in [0.5, 0.6) is 5.88 Å². The summed E-state index contributed by atoms with van der Waals surface area (Å²) in [6.07, 6.45) is 3.21. The first-order chi connectivity index (χ1) is 5.86. The highest BCUT2D eigenvalue weighted by Crippen LogP contribution is 2.05. The molecule has 0 N–H and O–H groups in total. The third-order valence-corrected chi connectivity index (χ3v) is 1.35. The highest BCUT2D eigenvalue weighted by Gasteiger charge is 1.93. The molecule has 1 heterocycles. The summed E-state index contributed by atoms with van der Waals surface area (Å²) < 4.78 is 5.23. The van der Waals surface area contributed by atoms with Gasteiger partial charge in [0.2, 0.25) is 5.88 Å². The molecule has 0 aliphatic rings. The van der Waals surface area contributed by atoms with Crippen molar-refractivity contribution >= 4 is 6.29 Å². The van der Waals surface area contributed by atoms with E-state index in [1.807, 2.05) is 6.92 Å². The minimum absolute atomic E-state index is 0.568. The lowest BCUT2D eigenvalue weighted by Crippen LogP contribution is -1.97. The van der Waals surface area contributed by atoms with Gasteiger partial charge in [-0.05, 0) is 12.5 Å². The third kappa shape index (κ3) is 2.34. The van der Waals surface area contributed by atoms with E-state index in [1.54, 1.807) is 12.1 Å². The van der Waals surface area contributed by atoms with Crippen molar-refractivity contribution in [2.75, 3.05) is 6.61 Å². The van der Waals surface area contributed by atoms with Gasteiger partial charge in [-0.3, -0.25) is 4.79 Å². The van der Waals surface area contributed by atoms with Crippen LogP contribution >= 0.6 is 0 Å². The molecule has 1 rings (SSSR count). The lowest BCUT2D eigenvalue weighted by Gasteiger charge is -2.01. The van der Waals surface area contributed by atoms with Crippen LogP contribution in [0.15, 0.2) is 18.3 Å². The van der Waals surface area contributed by atoms with Crippen molar-refractivity contribution in [3.8, 4) is 5.88 Å². The van der Waals surface area contributed by atoms with Crippen molar-refractivity contribution in [3.05, 3.63) is 23.9 Å². The Bertz CT molecular complexity index is 243. The standard InChI is InChI=1S/C9H11NO2/c1-2-5-12-9-4-3-8(7-11)6-10-9/h3-4,6-7H,2,5H2,1H3. The van der Waals surface area contributed by atoms with E-state index in [4.69, 9.17) is 4.74 Å². The van der Waals surface area contributed by atoms with Gasteiger partial charge in [-0.1, -0.05) is 6.92 Å². The van der Waals surface area contributed by atoms with Gasteiger partial charge in [0.05, 0.1) is 6.61 Å². The fourth-order valence-corrected chi connectivity index (χ4v) is 0.753. The van der Waals surface area contributed by atoms with Crippen LogP contribution in [0.2, 0.25) is 0 Å². The first kappa shape index (κ1) is 8.71. The average Bonchev–Trinajstić information content (AvgIpc) is 2.15. The van der Waals surface area contributed by atoms with E-state index in [9.17, 15) is 4.79 Å². The number of nitrogens with zero attached hydrogens (tertiary/aromatic N) is 1. The van der Waals surface area contributed by atoms with E-state index in [0.29, 0.717) is 18.1 Å². The van der Waals surface area contributed by atoms with Crippen molar-refractivity contribution in [1.82, 2.24) is 4.98 Å². The van der Waals surface area contributed by atoms with Gasteiger partial charge in [-0.25, -0.2) is 4.98 Å². The summed E-state index contributed by atoms with van der Waals surface area (Å²) in [5, 5.41) is 0. The van der Waals surface area contributed by atoms with Crippen molar-refractivity contribution < 1.29 is 9.53 Å². The van der Waals surface area contributed by atoms with Gasteiger partial charge in [0.25, 0.3) is 0 Å². The second-order valence-electron chi connectivity index (χ2n) is 2.40. The smallest absolute Gasteiger partial charge is 0.213 e. The molecule has 0 aromatic carbocycles. The second-order valence-corrected chi connectivity index (χ2v) is 2.40. The molecule has 1 aromatic heterocycles. The number of aldehydes is 1. The Morgan fingerprint density at radius 2 is 2.42 bits per heavy atom. The van der Waals surface area contributed by atoms with Gasteiger partial charge in [-0.2, -0.15) is 0 Å². The van der Waals surface area contributed by atoms with Crippen LogP contribution in [-0.2, 0) is 0 Å². The van der Waals surface area contributed by atoms with Gasteiger partial charge in [-0.15, -0.1) is 0 Å². The monoisotopic (exact) mass is 165 g/mol. The highest BCUT2D eigenvalue weighted by atomic mass is 16.5. The van der Waals surface area contributed by atoms with Gasteiger partial charge in [0.1, 0.15) is 0 Å². The van der Waals surface area contributed by atoms with E-state index in [2.05, 4.69) is 4.98 Å². The number of carbonyl (C=O) groups is 1. The molecule has 3 heteroatoms. The minimum Gasteiger partial charge on any atom is -0.478 e. The Hall–Kier alpha value is -1.38. The molecule has 0 radical (unpaired) electrons. The summed E-state index contributed by atoms with van der Waals surface area (Å²) in [5.41, 5.74) is 0.568. The van der Waals surface area contributed by atoms with E-state index >= 15 is 0 Å². The number of rotatable bonds is 4. The summed E-state index contributed by atoms with van der Waals surface area (Å²) in [6, 6.07) is 3.38. The van der Waals surface area contributed by atoms with Crippen molar-refractivity contribution in [3.63, 3.8) is 0 Å². The number of hydrogen-bond donors (Lipinski definition) is 0. The number of aromatic nitrogens is 1. The zero-order valence-electron chi connectivity index (χ0n) is 6.99. The summed E-state index contributed by atoms with van der Waals surface area (Å²) in [4.78, 5) is 14.2. The fourth-order valence-electron chi connectivity index (χ4n) is 0.753. The van der Waals surface area contributed by atoms with Crippen LogP contribution in [0.1, 0.15) is 23.7 Å². The molecule has 64 valence electrons. The van der Waals surface area contributed by atoms with Crippen molar-refractivity contribution in [2.24, 2.45) is 0 Å².